The Bertz CT molecular complexity index is 462. The molecule has 1 N–H and O–H groups in total. The molecule has 1 aromatic rings. The minimum absolute atomic E-state index is 0.135. The Labute approximate surface area is 114 Å². The second-order valence-corrected chi connectivity index (χ2v) is 4.50. The first kappa shape index (κ1) is 15.8. The number of hydrogen-bond donors (Lipinski definition) is 1. The van der Waals surface area contributed by atoms with Crippen molar-refractivity contribution < 1.29 is 18.3 Å². The fourth-order valence-electron chi connectivity index (χ4n) is 1.27. The number of aliphatic hydroxyl groups excluding tert-OH is 1. The van der Waals surface area contributed by atoms with Gasteiger partial charge >= 0.3 is 6.18 Å². The summed E-state index contributed by atoms with van der Waals surface area (Å²) in [6.07, 6.45) is -6.95. The lowest BCUT2D eigenvalue weighted by Crippen LogP contribution is -2.39. The predicted octanol–water partition coefficient (Wildman–Crippen LogP) is 2.55. The Kier molecular flexibility index (Phi) is 5.67. The van der Waals surface area contributed by atoms with Crippen molar-refractivity contribution in [2.45, 2.75) is 12.3 Å². The zero-order valence-electron chi connectivity index (χ0n) is 10.2. The normalized spacial score (nSPS) is 13.0. The van der Waals surface area contributed by atoms with Gasteiger partial charge in [0.25, 0.3) is 0 Å². The lowest BCUT2D eigenvalue weighted by molar-refractivity contribution is -0.207. The molecule has 6 heteroatoms. The molecule has 0 amide bonds. The maximum Gasteiger partial charge on any atom is 0.415 e. The first-order valence-corrected chi connectivity index (χ1v) is 5.84. The van der Waals surface area contributed by atoms with Crippen LogP contribution in [0, 0.1) is 11.8 Å². The molecule has 1 unspecified atom stereocenters. The molecule has 0 aromatic heterocycles. The van der Waals surface area contributed by atoms with Crippen LogP contribution in [-0.2, 0) is 0 Å². The van der Waals surface area contributed by atoms with Crippen LogP contribution >= 0.6 is 11.6 Å². The molecule has 2 nitrogen and oxygen atoms in total. The molecular weight excluding hydrogens is 279 g/mol. The highest BCUT2D eigenvalue weighted by atomic mass is 35.5. The maximum absolute atomic E-state index is 12.1. The van der Waals surface area contributed by atoms with Gasteiger partial charge in [0, 0.05) is 17.1 Å². The van der Waals surface area contributed by atoms with Gasteiger partial charge in [-0.25, -0.2) is 0 Å². The van der Waals surface area contributed by atoms with Crippen molar-refractivity contribution in [1.82, 2.24) is 4.90 Å². The third kappa shape index (κ3) is 5.97. The van der Waals surface area contributed by atoms with Crippen molar-refractivity contribution in [2.24, 2.45) is 0 Å². The van der Waals surface area contributed by atoms with E-state index in [2.05, 4.69) is 11.8 Å². The van der Waals surface area contributed by atoms with E-state index in [9.17, 15) is 13.2 Å². The van der Waals surface area contributed by atoms with Gasteiger partial charge in [-0.05, 0) is 31.3 Å². The van der Waals surface area contributed by atoms with Crippen LogP contribution in [0.5, 0.6) is 0 Å². The molecule has 1 atom stereocenters. The van der Waals surface area contributed by atoms with E-state index in [0.717, 1.165) is 5.56 Å². The van der Waals surface area contributed by atoms with Crippen molar-refractivity contribution in [3.8, 4) is 11.8 Å². The smallest absolute Gasteiger partial charge is 0.382 e. The predicted molar refractivity (Wildman–Crippen MR) is 67.9 cm³/mol. The van der Waals surface area contributed by atoms with Gasteiger partial charge in [0.2, 0.25) is 0 Å². The molecule has 0 heterocycles. The van der Waals surface area contributed by atoms with E-state index in [-0.39, 0.29) is 6.54 Å². The number of nitrogens with zero attached hydrogens (tertiary/aromatic N) is 1. The highest BCUT2D eigenvalue weighted by Gasteiger charge is 2.38. The lowest BCUT2D eigenvalue weighted by Gasteiger charge is -2.20. The van der Waals surface area contributed by atoms with E-state index in [1.807, 2.05) is 0 Å². The Morgan fingerprint density at radius 2 is 1.89 bits per heavy atom. The summed E-state index contributed by atoms with van der Waals surface area (Å²) in [5.41, 5.74) is 0.731. The van der Waals surface area contributed by atoms with Gasteiger partial charge in [-0.2, -0.15) is 13.2 Å². The van der Waals surface area contributed by atoms with Crippen molar-refractivity contribution in [3.63, 3.8) is 0 Å². The standard InChI is InChI=1S/C13H13ClF3NO/c1-18(9-12(19)13(15,16)17)8-2-3-10-4-6-11(14)7-5-10/h4-7,12,19H,8-9H2,1H3. The fraction of sp³-hybridized carbons (Fsp3) is 0.385. The average molecular weight is 292 g/mol. The van der Waals surface area contributed by atoms with Gasteiger partial charge in [-0.3, -0.25) is 4.90 Å². The number of hydrogen-bond acceptors (Lipinski definition) is 2. The van der Waals surface area contributed by atoms with Gasteiger partial charge < -0.3 is 5.11 Å². The van der Waals surface area contributed by atoms with Crippen LogP contribution in [0.25, 0.3) is 0 Å². The first-order chi connectivity index (χ1) is 8.79. The number of alkyl halides is 3. The molecular formula is C13H13ClF3NO. The van der Waals surface area contributed by atoms with Crippen LogP contribution in [-0.4, -0.2) is 42.4 Å². The quantitative estimate of drug-likeness (QED) is 0.865. The van der Waals surface area contributed by atoms with Gasteiger partial charge in [0.1, 0.15) is 0 Å². The summed E-state index contributed by atoms with van der Waals surface area (Å²) in [7, 11) is 1.46. The average Bonchev–Trinajstić information content (AvgIpc) is 2.30. The molecule has 0 fully saturated rings. The van der Waals surface area contributed by atoms with Gasteiger partial charge in [0.05, 0.1) is 6.54 Å². The van der Waals surface area contributed by atoms with Crippen LogP contribution in [0.3, 0.4) is 0 Å². The molecule has 1 rings (SSSR count). The summed E-state index contributed by atoms with van der Waals surface area (Å²) in [6.45, 7) is -0.367. The molecule has 1 aromatic carbocycles. The molecule has 0 radical (unpaired) electrons. The minimum atomic E-state index is -4.60. The summed E-state index contributed by atoms with van der Waals surface area (Å²) in [4.78, 5) is 1.31. The van der Waals surface area contributed by atoms with Crippen LogP contribution in [0.15, 0.2) is 24.3 Å². The van der Waals surface area contributed by atoms with Crippen molar-refractivity contribution in [2.75, 3.05) is 20.1 Å². The molecule has 0 aliphatic rings. The largest absolute Gasteiger partial charge is 0.415 e. The number of aliphatic hydroxyl groups is 1. The monoisotopic (exact) mass is 291 g/mol. The molecule has 0 saturated carbocycles. The molecule has 0 aliphatic carbocycles. The van der Waals surface area contributed by atoms with Gasteiger partial charge in [-0.1, -0.05) is 23.4 Å². The molecule has 0 bridgehead atoms. The van der Waals surface area contributed by atoms with Crippen LogP contribution in [0.4, 0.5) is 13.2 Å². The zero-order valence-corrected chi connectivity index (χ0v) is 11.0. The first-order valence-electron chi connectivity index (χ1n) is 5.47. The summed E-state index contributed by atoms with van der Waals surface area (Å²) >= 11 is 5.71. The van der Waals surface area contributed by atoms with Crippen molar-refractivity contribution in [1.29, 1.82) is 0 Å². The van der Waals surface area contributed by atoms with E-state index in [4.69, 9.17) is 16.7 Å². The highest BCUT2D eigenvalue weighted by Crippen LogP contribution is 2.20. The highest BCUT2D eigenvalue weighted by molar-refractivity contribution is 6.30. The van der Waals surface area contributed by atoms with E-state index >= 15 is 0 Å². The van der Waals surface area contributed by atoms with Crippen LogP contribution in [0.2, 0.25) is 5.02 Å². The zero-order chi connectivity index (χ0) is 14.5. The number of benzene rings is 1. The van der Waals surface area contributed by atoms with Gasteiger partial charge in [0.15, 0.2) is 6.10 Å². The van der Waals surface area contributed by atoms with E-state index in [0.29, 0.717) is 5.02 Å². The fourth-order valence-corrected chi connectivity index (χ4v) is 1.40. The molecule has 19 heavy (non-hydrogen) atoms. The van der Waals surface area contributed by atoms with E-state index < -0.39 is 18.8 Å². The van der Waals surface area contributed by atoms with Crippen LogP contribution < -0.4 is 0 Å². The summed E-state index contributed by atoms with van der Waals surface area (Å²) in [6, 6.07) is 6.81. The van der Waals surface area contributed by atoms with Crippen LogP contribution in [0.1, 0.15) is 5.56 Å². The summed E-state index contributed by atoms with van der Waals surface area (Å²) < 4.78 is 36.3. The third-order valence-corrected chi connectivity index (χ3v) is 2.54. The topological polar surface area (TPSA) is 23.5 Å². The summed E-state index contributed by atoms with van der Waals surface area (Å²) in [5, 5.41) is 9.47. The Hall–Kier alpha value is -1.22. The molecule has 104 valence electrons. The third-order valence-electron chi connectivity index (χ3n) is 2.29. The van der Waals surface area contributed by atoms with Crippen molar-refractivity contribution in [3.05, 3.63) is 34.9 Å². The second-order valence-electron chi connectivity index (χ2n) is 4.06. The molecule has 0 aliphatic heterocycles. The van der Waals surface area contributed by atoms with E-state index in [1.165, 1.54) is 11.9 Å². The van der Waals surface area contributed by atoms with Crippen molar-refractivity contribution >= 4 is 11.6 Å². The molecule has 0 saturated heterocycles. The minimum Gasteiger partial charge on any atom is -0.382 e. The second kappa shape index (κ2) is 6.80. The lowest BCUT2D eigenvalue weighted by atomic mass is 10.2. The SMILES string of the molecule is CN(CC#Cc1ccc(Cl)cc1)CC(O)C(F)(F)F. The Morgan fingerprint density at radius 3 is 2.42 bits per heavy atom. The number of likely N-dealkylation sites (N-methyl/N-ethyl adjacent to an activating group) is 1. The molecule has 0 spiro atoms. The number of rotatable bonds is 3. The Balaban J connectivity index is 2.47. The number of halogens is 4. The van der Waals surface area contributed by atoms with E-state index in [1.54, 1.807) is 24.3 Å². The Morgan fingerprint density at radius 1 is 1.32 bits per heavy atom. The maximum atomic E-state index is 12.1. The van der Waals surface area contributed by atoms with Gasteiger partial charge in [-0.15, -0.1) is 0 Å². The summed E-state index contributed by atoms with van der Waals surface area (Å²) in [5.74, 6) is 5.53.